The van der Waals surface area contributed by atoms with Crippen molar-refractivity contribution in [2.45, 2.75) is 25.7 Å². The fourth-order valence-corrected chi connectivity index (χ4v) is 3.67. The number of nitrogens with two attached hydrogens (primary N) is 4. The third-order valence-electron chi connectivity index (χ3n) is 5.56. The fraction of sp³-hybridized carbons (Fsp3) is 0.769. The van der Waals surface area contributed by atoms with Gasteiger partial charge in [0.05, 0.1) is 52.9 Å². The quantitative estimate of drug-likeness (QED) is 0.0700. The summed E-state index contributed by atoms with van der Waals surface area (Å²) < 4.78 is 34.2. The minimum absolute atomic E-state index is 0.144. The summed E-state index contributed by atoms with van der Waals surface area (Å²) in [6.45, 7) is 6.94. The molecule has 8 N–H and O–H groups in total. The Hall–Kier alpha value is -2.12. The SMILES string of the molecule is NCCCOCCOCCOCCCN(Cl)C(=O)c1nc(N)c(C(=O)N(Cl)CCCOCCOCCOCCCN)nc1N. The van der Waals surface area contributed by atoms with E-state index in [0.717, 1.165) is 21.7 Å². The van der Waals surface area contributed by atoms with Gasteiger partial charge in [-0.15, -0.1) is 0 Å². The van der Waals surface area contributed by atoms with Crippen LogP contribution in [0.1, 0.15) is 46.7 Å². The lowest BCUT2D eigenvalue weighted by molar-refractivity contribution is 0.0136. The number of nitrogens with zero attached hydrogens (tertiary/aromatic N) is 4. The monoisotopic (exact) mass is 670 g/mol. The lowest BCUT2D eigenvalue weighted by Gasteiger charge is -2.17. The molecule has 1 aromatic heterocycles. The molecule has 0 saturated heterocycles. The predicted molar refractivity (Wildman–Crippen MR) is 166 cm³/mol. The van der Waals surface area contributed by atoms with Gasteiger partial charge in [-0.05, 0) is 38.8 Å². The van der Waals surface area contributed by atoms with Crippen LogP contribution in [-0.2, 0) is 28.4 Å². The average molecular weight is 672 g/mol. The summed E-state index contributed by atoms with van der Waals surface area (Å²) in [6.07, 6.45) is 2.52. The third-order valence-corrected chi connectivity index (χ3v) is 6.20. The maximum absolute atomic E-state index is 12.7. The van der Waals surface area contributed by atoms with Crippen LogP contribution >= 0.6 is 23.6 Å². The molecule has 0 fully saturated rings. The number of ether oxygens (including phenoxy) is 6. The zero-order valence-electron chi connectivity index (χ0n) is 25.3. The maximum atomic E-state index is 12.7. The van der Waals surface area contributed by atoms with Crippen molar-refractivity contribution >= 4 is 47.0 Å². The summed E-state index contributed by atoms with van der Waals surface area (Å²) in [5, 5.41) is 0. The van der Waals surface area contributed by atoms with Gasteiger partial charge in [-0.1, -0.05) is 0 Å². The molecule has 254 valence electrons. The molecular weight excluding hydrogens is 623 g/mol. The molecule has 18 heteroatoms. The Labute approximate surface area is 269 Å². The van der Waals surface area contributed by atoms with Crippen LogP contribution in [0, 0.1) is 0 Å². The number of aromatic nitrogens is 2. The van der Waals surface area contributed by atoms with Crippen molar-refractivity contribution < 1.29 is 38.0 Å². The minimum atomic E-state index is -0.719. The summed E-state index contributed by atoms with van der Waals surface area (Å²) >= 11 is 12.2. The van der Waals surface area contributed by atoms with E-state index in [-0.39, 0.29) is 36.1 Å². The second-order valence-electron chi connectivity index (χ2n) is 9.14. The number of nitrogen functional groups attached to an aromatic ring is 2. The van der Waals surface area contributed by atoms with Crippen LogP contribution in [0.5, 0.6) is 0 Å². The first-order valence-electron chi connectivity index (χ1n) is 14.6. The molecule has 0 unspecified atom stereocenters. The highest BCUT2D eigenvalue weighted by atomic mass is 35.5. The van der Waals surface area contributed by atoms with Crippen molar-refractivity contribution in [2.24, 2.45) is 11.5 Å². The number of hydrogen-bond donors (Lipinski definition) is 4. The molecule has 0 radical (unpaired) electrons. The molecule has 0 aliphatic carbocycles. The van der Waals surface area contributed by atoms with Gasteiger partial charge in [-0.2, -0.15) is 0 Å². The van der Waals surface area contributed by atoms with Crippen LogP contribution in [0.3, 0.4) is 0 Å². The van der Waals surface area contributed by atoms with E-state index in [1.807, 2.05) is 0 Å². The van der Waals surface area contributed by atoms with E-state index in [2.05, 4.69) is 9.97 Å². The van der Waals surface area contributed by atoms with E-state index in [4.69, 9.17) is 74.9 Å². The fourth-order valence-electron chi connectivity index (χ4n) is 3.27. The van der Waals surface area contributed by atoms with Gasteiger partial charge < -0.3 is 51.4 Å². The molecule has 0 bridgehead atoms. The summed E-state index contributed by atoms with van der Waals surface area (Å²) in [5.41, 5.74) is 22.0. The van der Waals surface area contributed by atoms with Crippen LogP contribution in [0.4, 0.5) is 11.6 Å². The Morgan fingerprint density at radius 3 is 1.09 bits per heavy atom. The first kappa shape index (κ1) is 39.9. The minimum Gasteiger partial charge on any atom is -0.382 e. The maximum Gasteiger partial charge on any atom is 0.290 e. The largest absolute Gasteiger partial charge is 0.382 e. The molecule has 2 amide bonds. The standard InChI is InChI=1S/C26H48Cl2N8O8/c27-35(7-3-11-41-15-19-43-17-13-39-9-1-5-29)25(37)21-23(31)34-22(24(32)33-21)26(38)36(28)8-4-12-42-16-20-44-18-14-40-10-2-6-30/h1-20,29-30H2,(H2,32,33)(H2,31,34). The smallest absolute Gasteiger partial charge is 0.290 e. The van der Waals surface area contributed by atoms with Crippen LogP contribution in [0.15, 0.2) is 0 Å². The zero-order valence-corrected chi connectivity index (χ0v) is 26.8. The highest BCUT2D eigenvalue weighted by Crippen LogP contribution is 2.18. The highest BCUT2D eigenvalue weighted by Gasteiger charge is 2.25. The summed E-state index contributed by atoms with van der Waals surface area (Å²) in [7, 11) is 0. The summed E-state index contributed by atoms with van der Waals surface area (Å²) in [4.78, 5) is 33.4. The van der Waals surface area contributed by atoms with Gasteiger partial charge in [0.2, 0.25) is 0 Å². The van der Waals surface area contributed by atoms with Crippen LogP contribution in [-0.4, -0.2) is 136 Å². The molecule has 0 spiro atoms. The Balaban J connectivity index is 2.29. The number of hydrogen-bond acceptors (Lipinski definition) is 14. The van der Waals surface area contributed by atoms with Gasteiger partial charge in [0.1, 0.15) is 0 Å². The summed E-state index contributed by atoms with van der Waals surface area (Å²) in [5.74, 6) is -2.06. The van der Waals surface area contributed by atoms with Crippen molar-refractivity contribution in [1.82, 2.24) is 18.8 Å². The normalized spacial score (nSPS) is 11.2. The number of carbonyl (C=O) groups is 2. The lowest BCUT2D eigenvalue weighted by Crippen LogP contribution is -2.29. The second-order valence-corrected chi connectivity index (χ2v) is 9.96. The van der Waals surface area contributed by atoms with Gasteiger partial charge in [0.25, 0.3) is 11.8 Å². The average Bonchev–Trinajstić information content (AvgIpc) is 3.02. The summed E-state index contributed by atoms with van der Waals surface area (Å²) in [6, 6.07) is 0. The molecule has 1 heterocycles. The van der Waals surface area contributed by atoms with E-state index < -0.39 is 11.8 Å². The Morgan fingerprint density at radius 2 is 0.795 bits per heavy atom. The number of carbonyl (C=O) groups excluding carboxylic acids is 2. The second kappa shape index (κ2) is 26.1. The molecule has 0 atom stereocenters. The Bertz CT molecular complexity index is 853. The number of rotatable bonds is 28. The molecule has 0 saturated carbocycles. The Kier molecular flexibility index (Phi) is 23.7. The van der Waals surface area contributed by atoms with Crippen molar-refractivity contribution in [2.75, 3.05) is 117 Å². The molecular formula is C26H48Cl2N8O8. The van der Waals surface area contributed by atoms with Crippen molar-refractivity contribution in [3.05, 3.63) is 11.4 Å². The molecule has 1 aromatic rings. The van der Waals surface area contributed by atoms with Crippen LogP contribution < -0.4 is 22.9 Å². The number of anilines is 2. The first-order chi connectivity index (χ1) is 21.3. The lowest BCUT2D eigenvalue weighted by atomic mass is 10.3. The third kappa shape index (κ3) is 18.0. The zero-order chi connectivity index (χ0) is 32.4. The molecule has 0 aliphatic heterocycles. The van der Waals surface area contributed by atoms with E-state index in [0.29, 0.717) is 105 Å². The van der Waals surface area contributed by atoms with E-state index in [1.165, 1.54) is 0 Å². The molecule has 0 aliphatic rings. The van der Waals surface area contributed by atoms with Crippen LogP contribution in [0.2, 0.25) is 0 Å². The predicted octanol–water partition coefficient (Wildman–Crippen LogP) is 0.410. The Morgan fingerprint density at radius 1 is 0.523 bits per heavy atom. The number of amides is 2. The first-order valence-corrected chi connectivity index (χ1v) is 15.3. The van der Waals surface area contributed by atoms with Gasteiger partial charge in [0.15, 0.2) is 23.0 Å². The van der Waals surface area contributed by atoms with Gasteiger partial charge in [-0.25, -0.2) is 18.8 Å². The van der Waals surface area contributed by atoms with Gasteiger partial charge in [0, 0.05) is 63.1 Å². The van der Waals surface area contributed by atoms with Crippen molar-refractivity contribution in [3.8, 4) is 0 Å². The van der Waals surface area contributed by atoms with Crippen LogP contribution in [0.25, 0.3) is 0 Å². The van der Waals surface area contributed by atoms with E-state index in [1.54, 1.807) is 0 Å². The number of halogens is 2. The molecule has 16 nitrogen and oxygen atoms in total. The molecule has 0 aromatic carbocycles. The van der Waals surface area contributed by atoms with Gasteiger partial charge >= 0.3 is 0 Å². The molecule has 44 heavy (non-hydrogen) atoms. The highest BCUT2D eigenvalue weighted by molar-refractivity contribution is 6.25. The molecule has 1 rings (SSSR count). The van der Waals surface area contributed by atoms with Crippen molar-refractivity contribution in [1.29, 1.82) is 0 Å². The topological polar surface area (TPSA) is 226 Å². The van der Waals surface area contributed by atoms with Gasteiger partial charge in [-0.3, -0.25) is 9.59 Å². The van der Waals surface area contributed by atoms with E-state index >= 15 is 0 Å². The van der Waals surface area contributed by atoms with E-state index in [9.17, 15) is 9.59 Å². The van der Waals surface area contributed by atoms with Crippen molar-refractivity contribution in [3.63, 3.8) is 0 Å².